The Bertz CT molecular complexity index is 665. The Hall–Kier alpha value is -2.01. The van der Waals surface area contributed by atoms with Crippen LogP contribution in [0.2, 0.25) is 5.02 Å². The van der Waals surface area contributed by atoms with Gasteiger partial charge in [-0.3, -0.25) is 4.68 Å². The van der Waals surface area contributed by atoms with Crippen LogP contribution in [0.25, 0.3) is 0 Å². The summed E-state index contributed by atoms with van der Waals surface area (Å²) >= 11 is 6.10. The van der Waals surface area contributed by atoms with Crippen LogP contribution in [-0.2, 0) is 6.54 Å². The lowest BCUT2D eigenvalue weighted by molar-refractivity contribution is 0.0693. The van der Waals surface area contributed by atoms with Crippen LogP contribution in [0, 0.1) is 13.8 Å². The van der Waals surface area contributed by atoms with E-state index in [9.17, 15) is 4.79 Å². The average Bonchev–Trinajstić information content (AvgIpc) is 2.66. The Morgan fingerprint density at radius 1 is 1.45 bits per heavy atom. The van der Waals surface area contributed by atoms with Crippen LogP contribution in [0.4, 0.5) is 0 Å². The molecule has 0 aliphatic carbocycles. The van der Waals surface area contributed by atoms with Crippen molar-refractivity contribution in [2.75, 3.05) is 7.11 Å². The summed E-state index contributed by atoms with van der Waals surface area (Å²) in [5.41, 5.74) is 2.58. The molecule has 0 atom stereocenters. The first-order valence-corrected chi connectivity index (χ1v) is 6.41. The summed E-state index contributed by atoms with van der Waals surface area (Å²) in [5, 5.41) is 14.1. The Kier molecular flexibility index (Phi) is 3.99. The molecule has 0 radical (unpaired) electrons. The number of aromatic nitrogens is 2. The summed E-state index contributed by atoms with van der Waals surface area (Å²) < 4.78 is 6.79. The van der Waals surface area contributed by atoms with Gasteiger partial charge in [-0.05, 0) is 31.5 Å². The van der Waals surface area contributed by atoms with Crippen LogP contribution in [0.1, 0.15) is 27.3 Å². The van der Waals surface area contributed by atoms with Crippen molar-refractivity contribution in [3.05, 3.63) is 45.7 Å². The lowest BCUT2D eigenvalue weighted by Gasteiger charge is -2.09. The number of hydrogen-bond acceptors (Lipinski definition) is 3. The van der Waals surface area contributed by atoms with E-state index in [4.69, 9.17) is 21.4 Å². The molecule has 2 rings (SSSR count). The second-order valence-electron chi connectivity index (χ2n) is 4.48. The maximum Gasteiger partial charge on any atom is 0.339 e. The van der Waals surface area contributed by atoms with Crippen molar-refractivity contribution >= 4 is 17.6 Å². The molecular formula is C14H15ClN2O3. The highest BCUT2D eigenvalue weighted by Gasteiger charge is 2.14. The number of rotatable bonds is 4. The summed E-state index contributed by atoms with van der Waals surface area (Å²) in [5.74, 6) is -0.678. The van der Waals surface area contributed by atoms with Crippen LogP contribution in [0.5, 0.6) is 5.75 Å². The van der Waals surface area contributed by atoms with Gasteiger partial charge in [-0.2, -0.15) is 5.10 Å². The summed E-state index contributed by atoms with van der Waals surface area (Å²) in [4.78, 5) is 11.2. The van der Waals surface area contributed by atoms with Gasteiger partial charge in [-0.15, -0.1) is 0 Å². The van der Waals surface area contributed by atoms with E-state index in [-0.39, 0.29) is 5.56 Å². The van der Waals surface area contributed by atoms with E-state index in [0.29, 0.717) is 17.3 Å². The molecule has 0 amide bonds. The zero-order valence-electron chi connectivity index (χ0n) is 11.5. The Morgan fingerprint density at radius 2 is 2.15 bits per heavy atom. The molecule has 0 saturated carbocycles. The number of methoxy groups -OCH3 is 1. The second-order valence-corrected chi connectivity index (χ2v) is 4.86. The third-order valence-corrected chi connectivity index (χ3v) is 3.67. The molecule has 106 valence electrons. The van der Waals surface area contributed by atoms with Crippen molar-refractivity contribution in [2.24, 2.45) is 0 Å². The molecule has 6 heteroatoms. The van der Waals surface area contributed by atoms with Gasteiger partial charge in [-0.25, -0.2) is 4.79 Å². The molecule has 0 fully saturated rings. The molecule has 0 aliphatic rings. The van der Waals surface area contributed by atoms with Gasteiger partial charge < -0.3 is 9.84 Å². The smallest absolute Gasteiger partial charge is 0.339 e. The minimum Gasteiger partial charge on any atom is -0.496 e. The van der Waals surface area contributed by atoms with Crippen LogP contribution in [0.15, 0.2) is 18.2 Å². The van der Waals surface area contributed by atoms with Gasteiger partial charge in [0.05, 0.1) is 30.1 Å². The van der Waals surface area contributed by atoms with E-state index in [1.807, 2.05) is 19.9 Å². The lowest BCUT2D eigenvalue weighted by Crippen LogP contribution is -2.07. The van der Waals surface area contributed by atoms with E-state index >= 15 is 0 Å². The minimum absolute atomic E-state index is 0.137. The SMILES string of the molecule is COc1ccc(Cn2nc(C)c(Cl)c2C)cc1C(=O)O. The number of ether oxygens (including phenoxy) is 1. The first-order chi connectivity index (χ1) is 9.43. The first kappa shape index (κ1) is 14.4. The molecule has 2 aromatic rings. The number of hydrogen-bond donors (Lipinski definition) is 1. The average molecular weight is 295 g/mol. The number of carboxylic acids is 1. The van der Waals surface area contributed by atoms with Crippen LogP contribution < -0.4 is 4.74 Å². The fraction of sp³-hybridized carbons (Fsp3) is 0.286. The Morgan fingerprint density at radius 3 is 2.65 bits per heavy atom. The van der Waals surface area contributed by atoms with Crippen molar-refractivity contribution in [2.45, 2.75) is 20.4 Å². The maximum absolute atomic E-state index is 11.2. The van der Waals surface area contributed by atoms with E-state index in [0.717, 1.165) is 17.0 Å². The molecule has 1 N–H and O–H groups in total. The monoisotopic (exact) mass is 294 g/mol. The van der Waals surface area contributed by atoms with Gasteiger partial charge in [0.25, 0.3) is 0 Å². The third-order valence-electron chi connectivity index (χ3n) is 3.12. The molecule has 5 nitrogen and oxygen atoms in total. The quantitative estimate of drug-likeness (QED) is 0.941. The number of carboxylic acid groups (broad SMARTS) is 1. The lowest BCUT2D eigenvalue weighted by atomic mass is 10.1. The van der Waals surface area contributed by atoms with E-state index in [1.165, 1.54) is 7.11 Å². The van der Waals surface area contributed by atoms with Crippen molar-refractivity contribution in [3.63, 3.8) is 0 Å². The highest BCUT2D eigenvalue weighted by Crippen LogP contribution is 2.23. The van der Waals surface area contributed by atoms with E-state index in [2.05, 4.69) is 5.10 Å². The molecule has 1 aromatic carbocycles. The van der Waals surface area contributed by atoms with E-state index < -0.39 is 5.97 Å². The molecule has 0 unspecified atom stereocenters. The van der Waals surface area contributed by atoms with Crippen LogP contribution in [-0.4, -0.2) is 28.0 Å². The minimum atomic E-state index is -1.02. The summed E-state index contributed by atoms with van der Waals surface area (Å²) in [6, 6.07) is 5.05. The Balaban J connectivity index is 2.36. The molecule has 0 spiro atoms. The predicted molar refractivity (Wildman–Crippen MR) is 75.8 cm³/mol. The number of aryl methyl sites for hydroxylation is 1. The molecule has 0 aliphatic heterocycles. The molecular weight excluding hydrogens is 280 g/mol. The van der Waals surface area contributed by atoms with Gasteiger partial charge in [0.1, 0.15) is 11.3 Å². The highest BCUT2D eigenvalue weighted by atomic mass is 35.5. The maximum atomic E-state index is 11.2. The number of nitrogens with zero attached hydrogens (tertiary/aromatic N) is 2. The molecule has 1 aromatic heterocycles. The number of halogens is 1. The second kappa shape index (κ2) is 5.54. The van der Waals surface area contributed by atoms with Crippen LogP contribution in [0.3, 0.4) is 0 Å². The van der Waals surface area contributed by atoms with Crippen molar-refractivity contribution in [1.82, 2.24) is 9.78 Å². The van der Waals surface area contributed by atoms with Gasteiger partial charge in [0.2, 0.25) is 0 Å². The highest BCUT2D eigenvalue weighted by molar-refractivity contribution is 6.31. The van der Waals surface area contributed by atoms with Crippen LogP contribution >= 0.6 is 11.6 Å². The number of carbonyl (C=O) groups is 1. The standard InChI is InChI=1S/C14H15ClN2O3/c1-8-13(15)9(2)17(16-8)7-10-4-5-12(20-3)11(6-10)14(18)19/h4-6H,7H2,1-3H3,(H,18,19). The normalized spacial score (nSPS) is 10.6. The number of benzene rings is 1. The zero-order valence-corrected chi connectivity index (χ0v) is 12.2. The van der Waals surface area contributed by atoms with Gasteiger partial charge in [-0.1, -0.05) is 17.7 Å². The van der Waals surface area contributed by atoms with Crippen molar-refractivity contribution in [1.29, 1.82) is 0 Å². The van der Waals surface area contributed by atoms with Crippen molar-refractivity contribution < 1.29 is 14.6 Å². The van der Waals surface area contributed by atoms with Gasteiger partial charge in [0.15, 0.2) is 0 Å². The van der Waals surface area contributed by atoms with Gasteiger partial charge in [0, 0.05) is 0 Å². The van der Waals surface area contributed by atoms with Crippen molar-refractivity contribution in [3.8, 4) is 5.75 Å². The largest absolute Gasteiger partial charge is 0.496 e. The fourth-order valence-electron chi connectivity index (χ4n) is 2.02. The summed E-state index contributed by atoms with van der Waals surface area (Å²) in [6.07, 6.45) is 0. The molecule has 0 bridgehead atoms. The topological polar surface area (TPSA) is 64.4 Å². The third kappa shape index (κ3) is 2.63. The predicted octanol–water partition coefficient (Wildman–Crippen LogP) is 2.91. The molecule has 1 heterocycles. The fourth-order valence-corrected chi connectivity index (χ4v) is 2.16. The Labute approximate surface area is 121 Å². The molecule has 20 heavy (non-hydrogen) atoms. The number of aromatic carboxylic acids is 1. The summed E-state index contributed by atoms with van der Waals surface area (Å²) in [6.45, 7) is 4.18. The first-order valence-electron chi connectivity index (χ1n) is 6.03. The summed E-state index contributed by atoms with van der Waals surface area (Å²) in [7, 11) is 1.45. The molecule has 0 saturated heterocycles. The zero-order chi connectivity index (χ0) is 14.9. The van der Waals surface area contributed by atoms with Gasteiger partial charge >= 0.3 is 5.97 Å². The van der Waals surface area contributed by atoms with E-state index in [1.54, 1.807) is 16.8 Å².